The molecule has 13 rings (SSSR count). The van der Waals surface area contributed by atoms with Crippen molar-refractivity contribution in [3.8, 4) is 73.2 Å². The Morgan fingerprint density at radius 2 is 0.818 bits per heavy atom. The molecule has 0 bridgehead atoms. The summed E-state index contributed by atoms with van der Waals surface area (Å²) in [6, 6.07) is 82.3. The van der Waals surface area contributed by atoms with Crippen molar-refractivity contribution in [2.75, 3.05) is 0 Å². The molecule has 0 aliphatic heterocycles. The van der Waals surface area contributed by atoms with Crippen molar-refractivity contribution >= 4 is 64.1 Å². The van der Waals surface area contributed by atoms with Crippen LogP contribution in [0.5, 0.6) is 0 Å². The van der Waals surface area contributed by atoms with Crippen LogP contribution in [0.3, 0.4) is 0 Å². The van der Waals surface area contributed by atoms with E-state index in [2.05, 4.69) is 235 Å². The van der Waals surface area contributed by atoms with Crippen LogP contribution >= 0.6 is 11.3 Å². The van der Waals surface area contributed by atoms with Gasteiger partial charge in [-0.1, -0.05) is 182 Å². The number of fused-ring (bicyclic) bond motifs is 7. The first-order valence-corrected chi connectivity index (χ1v) is 23.1. The maximum atomic E-state index is 5.42. The number of nitrogens with zero attached hydrogens (tertiary/aromatic N) is 4. The molecule has 0 unspecified atom stereocenters. The van der Waals surface area contributed by atoms with E-state index in [0.29, 0.717) is 17.5 Å². The van der Waals surface area contributed by atoms with Gasteiger partial charge in [0.2, 0.25) is 0 Å². The molecule has 4 nitrogen and oxygen atoms in total. The largest absolute Gasteiger partial charge is 0.308 e. The molecular formula is C61H38N4S. The number of benzene rings is 10. The third kappa shape index (κ3) is 6.48. The Bertz CT molecular complexity index is 3940. The van der Waals surface area contributed by atoms with E-state index in [1.807, 2.05) is 11.3 Å². The molecule has 3 aromatic heterocycles. The molecule has 308 valence electrons. The molecule has 66 heavy (non-hydrogen) atoms. The van der Waals surface area contributed by atoms with Gasteiger partial charge < -0.3 is 4.57 Å². The molecule has 0 fully saturated rings. The summed E-state index contributed by atoms with van der Waals surface area (Å²) in [6.07, 6.45) is 0. The van der Waals surface area contributed by atoms with Crippen LogP contribution < -0.4 is 0 Å². The lowest BCUT2D eigenvalue weighted by molar-refractivity contribution is 1.06. The van der Waals surface area contributed by atoms with Crippen LogP contribution in [-0.4, -0.2) is 19.5 Å². The standard InChI is InChI=1S/C61H38N4S/c1-2-14-39(15-3-1)45-32-34-52(56(38-45)65-54-25-9-6-21-49(54)50-22-7-10-26-55(50)65)61-63-59(42-30-28-41(29-31-42)48-24-13-17-40-16-4-5-20-47(40)48)62-60(64-61)46-19-12-18-43(36-46)44-33-35-58-53(37-44)51-23-8-11-27-57(51)66-58/h1-38H. The fraction of sp³-hybridized carbons (Fsp3) is 0. The maximum Gasteiger partial charge on any atom is 0.166 e. The van der Waals surface area contributed by atoms with Gasteiger partial charge in [-0.3, -0.25) is 0 Å². The fourth-order valence-electron chi connectivity index (χ4n) is 9.67. The predicted octanol–water partition coefficient (Wildman–Crippen LogP) is 16.5. The van der Waals surface area contributed by atoms with E-state index < -0.39 is 0 Å². The molecule has 5 heteroatoms. The van der Waals surface area contributed by atoms with Gasteiger partial charge in [0.1, 0.15) is 0 Å². The minimum Gasteiger partial charge on any atom is -0.308 e. The van der Waals surface area contributed by atoms with Gasteiger partial charge in [0.25, 0.3) is 0 Å². The van der Waals surface area contributed by atoms with Gasteiger partial charge in [0.15, 0.2) is 17.5 Å². The second-order valence-electron chi connectivity index (χ2n) is 16.8. The van der Waals surface area contributed by atoms with Crippen molar-refractivity contribution in [2.45, 2.75) is 0 Å². The lowest BCUT2D eigenvalue weighted by atomic mass is 9.97. The van der Waals surface area contributed by atoms with Crippen LogP contribution in [0.4, 0.5) is 0 Å². The summed E-state index contributed by atoms with van der Waals surface area (Å²) < 4.78 is 4.96. The smallest absolute Gasteiger partial charge is 0.166 e. The average Bonchev–Trinajstić information content (AvgIpc) is 3.94. The van der Waals surface area contributed by atoms with Crippen LogP contribution in [0, 0.1) is 0 Å². The van der Waals surface area contributed by atoms with E-state index in [0.717, 1.165) is 61.2 Å². The van der Waals surface area contributed by atoms with Crippen molar-refractivity contribution in [1.29, 1.82) is 0 Å². The van der Waals surface area contributed by atoms with Gasteiger partial charge >= 0.3 is 0 Å². The van der Waals surface area contributed by atoms with Crippen LogP contribution in [0.2, 0.25) is 0 Å². The van der Waals surface area contributed by atoms with Gasteiger partial charge in [0.05, 0.1) is 16.7 Å². The number of aromatic nitrogens is 4. The van der Waals surface area contributed by atoms with Crippen molar-refractivity contribution in [3.63, 3.8) is 0 Å². The average molecular weight is 859 g/mol. The number of hydrogen-bond donors (Lipinski definition) is 0. The summed E-state index contributed by atoms with van der Waals surface area (Å²) in [7, 11) is 0. The molecule has 0 spiro atoms. The third-order valence-corrected chi connectivity index (χ3v) is 14.0. The van der Waals surface area contributed by atoms with E-state index in [-0.39, 0.29) is 0 Å². The van der Waals surface area contributed by atoms with Crippen LogP contribution in [0.1, 0.15) is 0 Å². The quantitative estimate of drug-likeness (QED) is 0.160. The second-order valence-corrected chi connectivity index (χ2v) is 17.9. The Morgan fingerprint density at radius 3 is 1.62 bits per heavy atom. The molecule has 0 radical (unpaired) electrons. The van der Waals surface area contributed by atoms with E-state index in [4.69, 9.17) is 15.0 Å². The molecule has 0 aliphatic rings. The highest BCUT2D eigenvalue weighted by atomic mass is 32.1. The van der Waals surface area contributed by atoms with Crippen molar-refractivity contribution in [2.24, 2.45) is 0 Å². The molecule has 0 amide bonds. The van der Waals surface area contributed by atoms with Crippen molar-refractivity contribution < 1.29 is 0 Å². The first-order valence-electron chi connectivity index (χ1n) is 22.3. The Hall–Kier alpha value is -8.51. The van der Waals surface area contributed by atoms with Crippen molar-refractivity contribution in [1.82, 2.24) is 19.5 Å². The maximum absolute atomic E-state index is 5.42. The fourth-order valence-corrected chi connectivity index (χ4v) is 10.8. The summed E-state index contributed by atoms with van der Waals surface area (Å²) in [4.78, 5) is 16.1. The van der Waals surface area contributed by atoms with Gasteiger partial charge in [-0.15, -0.1) is 11.3 Å². The molecular weight excluding hydrogens is 821 g/mol. The van der Waals surface area contributed by atoms with Gasteiger partial charge in [-0.25, -0.2) is 15.0 Å². The van der Waals surface area contributed by atoms with E-state index in [1.54, 1.807) is 0 Å². The number of thiophene rings is 1. The molecule has 3 heterocycles. The Labute approximate surface area is 385 Å². The molecule has 0 saturated heterocycles. The second kappa shape index (κ2) is 15.6. The Morgan fingerprint density at radius 1 is 0.288 bits per heavy atom. The highest BCUT2D eigenvalue weighted by Gasteiger charge is 2.21. The highest BCUT2D eigenvalue weighted by molar-refractivity contribution is 7.25. The highest BCUT2D eigenvalue weighted by Crippen LogP contribution is 2.40. The van der Waals surface area contributed by atoms with Crippen LogP contribution in [-0.2, 0) is 0 Å². The van der Waals surface area contributed by atoms with Crippen LogP contribution in [0.25, 0.3) is 126 Å². The predicted molar refractivity (Wildman–Crippen MR) is 277 cm³/mol. The van der Waals surface area contributed by atoms with E-state index in [1.165, 1.54) is 47.3 Å². The number of para-hydroxylation sites is 2. The van der Waals surface area contributed by atoms with Crippen LogP contribution in [0.15, 0.2) is 231 Å². The summed E-state index contributed by atoms with van der Waals surface area (Å²) in [6.45, 7) is 0. The zero-order chi connectivity index (χ0) is 43.6. The summed E-state index contributed by atoms with van der Waals surface area (Å²) in [5, 5.41) is 7.38. The monoisotopic (exact) mass is 858 g/mol. The molecule has 0 atom stereocenters. The first-order chi connectivity index (χ1) is 32.7. The molecule has 13 aromatic rings. The zero-order valence-corrected chi connectivity index (χ0v) is 36.5. The van der Waals surface area contributed by atoms with E-state index >= 15 is 0 Å². The lowest BCUT2D eigenvalue weighted by Gasteiger charge is -2.16. The minimum atomic E-state index is 0.598. The molecule has 0 N–H and O–H groups in total. The number of hydrogen-bond acceptors (Lipinski definition) is 4. The summed E-state index contributed by atoms with van der Waals surface area (Å²) in [5.74, 6) is 1.81. The molecule has 0 saturated carbocycles. The van der Waals surface area contributed by atoms with E-state index in [9.17, 15) is 0 Å². The topological polar surface area (TPSA) is 43.6 Å². The lowest BCUT2D eigenvalue weighted by Crippen LogP contribution is -2.04. The van der Waals surface area contributed by atoms with Gasteiger partial charge in [0, 0.05) is 47.6 Å². The SMILES string of the molecule is c1ccc(-c2ccc(-c3nc(-c4ccc(-c5cccc6ccccc56)cc4)nc(-c4cccc(-c5ccc6sc7ccccc7c6c5)c4)n3)c(-n3c4ccccc4c4ccccc43)c2)cc1. The van der Waals surface area contributed by atoms with Crippen molar-refractivity contribution in [3.05, 3.63) is 231 Å². The van der Waals surface area contributed by atoms with Gasteiger partial charge in [-0.2, -0.15) is 0 Å². The molecule has 0 aliphatic carbocycles. The minimum absolute atomic E-state index is 0.598. The third-order valence-electron chi connectivity index (χ3n) is 12.9. The number of rotatable bonds is 7. The Balaban J connectivity index is 1.02. The zero-order valence-electron chi connectivity index (χ0n) is 35.6. The van der Waals surface area contributed by atoms with Gasteiger partial charge in [-0.05, 0) is 92.7 Å². The summed E-state index contributed by atoms with van der Waals surface area (Å²) >= 11 is 1.84. The summed E-state index contributed by atoms with van der Waals surface area (Å²) in [5.41, 5.74) is 12.8. The molecule has 10 aromatic carbocycles. The first kappa shape index (κ1) is 38.0. The Kier molecular flexibility index (Phi) is 9.00. The normalized spacial score (nSPS) is 11.6.